The number of nitriles is 2. The zero-order valence-electron chi connectivity index (χ0n) is 69.0. The second-order valence-corrected chi connectivity index (χ2v) is 38.2. The highest BCUT2D eigenvalue weighted by Crippen LogP contribution is 2.64. The number of fused-ring (bicyclic) bond motifs is 3. The molecule has 0 radical (unpaired) electrons. The van der Waals surface area contributed by atoms with Crippen LogP contribution in [0.25, 0.3) is 0 Å². The molecular formula is C86H140N2O16. The largest absolute Gasteiger partial charge is 0.459 e. The van der Waals surface area contributed by atoms with E-state index in [9.17, 15) is 48.9 Å². The Bertz CT molecular complexity index is 2950. The van der Waals surface area contributed by atoms with Crippen molar-refractivity contribution in [1.29, 1.82) is 10.5 Å². The van der Waals surface area contributed by atoms with E-state index in [4.69, 9.17) is 37.9 Å². The number of ether oxygens (including phenoxy) is 8. The molecule has 2 heterocycles. The van der Waals surface area contributed by atoms with Gasteiger partial charge < -0.3 is 37.9 Å². The third-order valence-electron chi connectivity index (χ3n) is 28.0. The number of carbonyl (C=O) groups is 8. The van der Waals surface area contributed by atoms with Gasteiger partial charge in [0, 0.05) is 23.7 Å². The number of hydrogen-bond donors (Lipinski definition) is 0. The van der Waals surface area contributed by atoms with Crippen LogP contribution in [0.3, 0.4) is 0 Å². The first kappa shape index (κ1) is 87.6. The average Bonchev–Trinajstić information content (AvgIpc) is 1.54. The Kier molecular flexibility index (Phi) is 28.8. The van der Waals surface area contributed by atoms with Crippen LogP contribution in [0.4, 0.5) is 0 Å². The van der Waals surface area contributed by atoms with E-state index in [1.807, 2.05) is 118 Å². The zero-order valence-corrected chi connectivity index (χ0v) is 69.0. The number of esters is 8. The maximum Gasteiger partial charge on any atom is 0.327 e. The Labute approximate surface area is 627 Å². The van der Waals surface area contributed by atoms with Crippen molar-refractivity contribution in [1.82, 2.24) is 0 Å². The fourth-order valence-electron chi connectivity index (χ4n) is 17.0. The maximum absolute atomic E-state index is 12.4. The highest BCUT2D eigenvalue weighted by molar-refractivity contribution is 5.86. The molecular weight excluding hydrogens is 1320 g/mol. The van der Waals surface area contributed by atoms with Crippen molar-refractivity contribution >= 4 is 47.8 Å². The molecule has 0 spiro atoms. The number of carbonyl (C=O) groups excluding carboxylic acids is 8. The summed E-state index contributed by atoms with van der Waals surface area (Å²) in [5.41, 5.74) is -5.16. The van der Waals surface area contributed by atoms with E-state index in [-0.39, 0.29) is 116 Å². The third-order valence-corrected chi connectivity index (χ3v) is 28.0. The van der Waals surface area contributed by atoms with E-state index in [2.05, 4.69) is 53.7 Å². The van der Waals surface area contributed by atoms with E-state index in [0.717, 1.165) is 95.3 Å². The van der Waals surface area contributed by atoms with Crippen LogP contribution in [-0.2, 0) is 76.3 Å². The van der Waals surface area contributed by atoms with Crippen molar-refractivity contribution in [3.63, 3.8) is 0 Å². The van der Waals surface area contributed by atoms with Crippen LogP contribution in [0, 0.1) is 107 Å². The molecule has 18 heteroatoms. The lowest BCUT2D eigenvalue weighted by molar-refractivity contribution is -0.175. The second kappa shape index (κ2) is 34.1. The monoisotopic (exact) mass is 1460 g/mol. The first-order chi connectivity index (χ1) is 48.2. The summed E-state index contributed by atoms with van der Waals surface area (Å²) in [6.07, 6.45) is 29.4. The fraction of sp³-hybridized carbons (Fsp3) is 0.884. The summed E-state index contributed by atoms with van der Waals surface area (Å²) in [4.78, 5) is 96.4. The van der Waals surface area contributed by atoms with Crippen molar-refractivity contribution in [3.05, 3.63) is 0 Å². The van der Waals surface area contributed by atoms with Gasteiger partial charge in [0.2, 0.25) is 0 Å². The molecule has 0 aromatic heterocycles. The summed E-state index contributed by atoms with van der Waals surface area (Å²) in [7, 11) is 0. The van der Waals surface area contributed by atoms with Crippen LogP contribution in [0.1, 0.15) is 352 Å². The standard InChI is InChI=1S/C19H34O2.2C15H19NO4.C13H24O2.2C12H22O2/c1-6-18(2,3)17(20)21-19(4,5)16-12-11-14-9-7-8-10-15(14)13-16;2*1-4-14(2,3)12(17)19-10-8-5-9-11(10)20-13(18)15(9,6-8)7-16;1-5-12(3,4)11(14)15-13(6-2)9-7-8-10-13;2*1-5-11(2,3)10(13)14-12(4)8-6-7-9-12/h14-16H,6-13H2,1-5H3;2*8-11H,4-6H2,1-3H3;5-10H2,1-4H3;2*5-9H2,1-4H3. The zero-order chi connectivity index (χ0) is 78.3. The van der Waals surface area contributed by atoms with Crippen molar-refractivity contribution < 1.29 is 76.3 Å². The highest BCUT2D eigenvalue weighted by atomic mass is 16.6. The Balaban J connectivity index is 0.000000198. The number of hydrogen-bond acceptors (Lipinski definition) is 18. The lowest BCUT2D eigenvalue weighted by Crippen LogP contribution is -2.44. The van der Waals surface area contributed by atoms with Gasteiger partial charge in [-0.15, -0.1) is 0 Å². The molecule has 13 unspecified atom stereocenters. The molecule has 11 aliphatic rings. The Morgan fingerprint density at radius 1 is 0.413 bits per heavy atom. The van der Waals surface area contributed by atoms with Gasteiger partial charge in [-0.3, -0.25) is 38.4 Å². The molecule has 0 aromatic carbocycles. The minimum absolute atomic E-state index is 0.0197. The molecule has 18 nitrogen and oxygen atoms in total. The van der Waals surface area contributed by atoms with Gasteiger partial charge in [-0.25, -0.2) is 0 Å². The van der Waals surface area contributed by atoms with Crippen LogP contribution in [0.15, 0.2) is 0 Å². The van der Waals surface area contributed by atoms with Crippen LogP contribution >= 0.6 is 0 Å². The molecule has 2 saturated heterocycles. The summed E-state index contributed by atoms with van der Waals surface area (Å²) in [5.74, 6) is 0.850. The van der Waals surface area contributed by atoms with Gasteiger partial charge in [-0.2, -0.15) is 10.5 Å². The van der Waals surface area contributed by atoms with Crippen molar-refractivity contribution in [2.75, 3.05) is 0 Å². The van der Waals surface area contributed by atoms with Crippen molar-refractivity contribution in [2.24, 2.45) is 84.7 Å². The first-order valence-corrected chi connectivity index (χ1v) is 40.8. The summed E-state index contributed by atoms with van der Waals surface area (Å²) in [6.45, 7) is 45.6. The Morgan fingerprint density at radius 2 is 0.740 bits per heavy atom. The molecule has 590 valence electrons. The van der Waals surface area contributed by atoms with E-state index in [1.165, 1.54) is 83.5 Å². The van der Waals surface area contributed by atoms with Crippen LogP contribution < -0.4 is 0 Å². The van der Waals surface area contributed by atoms with Crippen molar-refractivity contribution in [2.45, 2.75) is 399 Å². The number of nitrogens with zero attached hydrogens (tertiary/aromatic N) is 2. The summed E-state index contributed by atoms with van der Waals surface area (Å²) < 4.78 is 45.0. The molecule has 104 heavy (non-hydrogen) atoms. The van der Waals surface area contributed by atoms with E-state index < -0.39 is 45.8 Å². The summed E-state index contributed by atoms with van der Waals surface area (Å²) >= 11 is 0. The highest BCUT2D eigenvalue weighted by Gasteiger charge is 2.74. The molecule has 2 aliphatic heterocycles. The molecule has 0 aromatic rings. The summed E-state index contributed by atoms with van der Waals surface area (Å²) in [6, 6.07) is 4.30. The van der Waals surface area contributed by atoms with Crippen LogP contribution in [-0.4, -0.2) is 94.6 Å². The quantitative estimate of drug-likeness (QED) is 0.0810. The molecule has 9 aliphatic carbocycles. The SMILES string of the molecule is CCC(C)(C)C(=O)OC(C)(C)C1CCC2CCCCC2C1.CCC(C)(C)C(=O)OC1(C)CCCC1.CCC(C)(C)C(=O)OC1(C)CCCC1.CCC(C)(C)C(=O)OC1C2CC3C1OC(=O)C3(C#N)C2.CCC(C)(C)C(=O)OC1C2CC3C1OC(=O)C3(C#N)C2.CCC1(OC(=O)C(C)(C)CC)CCCC1. The smallest absolute Gasteiger partial charge is 0.327 e. The predicted octanol–water partition coefficient (Wildman–Crippen LogP) is 19.3. The van der Waals surface area contributed by atoms with Crippen LogP contribution in [0.2, 0.25) is 0 Å². The van der Waals surface area contributed by atoms with Gasteiger partial charge in [0.1, 0.15) is 46.8 Å². The molecule has 4 bridgehead atoms. The predicted molar refractivity (Wildman–Crippen MR) is 399 cm³/mol. The van der Waals surface area contributed by atoms with Gasteiger partial charge in [-0.1, -0.05) is 74.1 Å². The minimum atomic E-state index is -0.974. The average molecular weight is 1460 g/mol. The first-order valence-electron chi connectivity index (χ1n) is 40.8. The lowest BCUT2D eigenvalue weighted by atomic mass is 9.64. The molecule has 0 N–H and O–H groups in total. The molecule has 0 amide bonds. The molecule has 9 saturated carbocycles. The third kappa shape index (κ3) is 19.6. The Hall–Kier alpha value is -5.26. The van der Waals surface area contributed by atoms with E-state index >= 15 is 0 Å². The molecule has 11 fully saturated rings. The molecule has 11 rings (SSSR count). The van der Waals surface area contributed by atoms with Crippen LogP contribution in [0.5, 0.6) is 0 Å². The van der Waals surface area contributed by atoms with Crippen molar-refractivity contribution in [3.8, 4) is 12.1 Å². The summed E-state index contributed by atoms with van der Waals surface area (Å²) in [5, 5.41) is 18.6. The van der Waals surface area contributed by atoms with Gasteiger partial charge in [0.25, 0.3) is 0 Å². The minimum Gasteiger partial charge on any atom is -0.459 e. The Morgan fingerprint density at radius 3 is 1.09 bits per heavy atom. The lowest BCUT2D eigenvalue weighted by Gasteiger charge is -2.45. The van der Waals surface area contributed by atoms with Gasteiger partial charge >= 0.3 is 47.8 Å². The van der Waals surface area contributed by atoms with Gasteiger partial charge in [0.05, 0.1) is 44.6 Å². The van der Waals surface area contributed by atoms with E-state index in [1.54, 1.807) is 0 Å². The van der Waals surface area contributed by atoms with Gasteiger partial charge in [0.15, 0.2) is 10.8 Å². The fourth-order valence-corrected chi connectivity index (χ4v) is 17.0. The van der Waals surface area contributed by atoms with Gasteiger partial charge in [-0.05, 0) is 295 Å². The van der Waals surface area contributed by atoms with E-state index in [0.29, 0.717) is 31.6 Å². The normalized spacial score (nSPS) is 30.6. The number of rotatable bonds is 20. The maximum atomic E-state index is 12.4. The topological polar surface area (TPSA) is 258 Å². The second-order valence-electron chi connectivity index (χ2n) is 38.2. The molecule has 13 atom stereocenters.